The van der Waals surface area contributed by atoms with Crippen LogP contribution >= 0.6 is 0 Å². The SMILES string of the molecule is CC(C)(C)OC(=O)c1nc(N)c2[nH]c(C(=O)OC(C)(C)C)nc2n1. The third kappa shape index (κ3) is 4.18. The lowest BCUT2D eigenvalue weighted by atomic mass is 10.2. The Balaban J connectivity index is 2.38. The number of nitrogens with zero attached hydrogens (tertiary/aromatic N) is 3. The van der Waals surface area contributed by atoms with Crippen molar-refractivity contribution in [2.45, 2.75) is 52.7 Å². The van der Waals surface area contributed by atoms with Crippen LogP contribution in [0, 0.1) is 0 Å². The van der Waals surface area contributed by atoms with Gasteiger partial charge in [0, 0.05) is 0 Å². The molecule has 0 fully saturated rings. The molecule has 0 amide bonds. The second-order valence-electron chi connectivity index (χ2n) is 7.22. The first-order chi connectivity index (χ1) is 10.9. The van der Waals surface area contributed by atoms with Gasteiger partial charge < -0.3 is 20.2 Å². The number of carbonyl (C=O) groups excluding carboxylic acids is 2. The third-order valence-electron chi connectivity index (χ3n) is 2.55. The van der Waals surface area contributed by atoms with E-state index in [0.717, 1.165) is 0 Å². The summed E-state index contributed by atoms with van der Waals surface area (Å²) in [6.45, 7) is 10.4. The number of esters is 2. The molecule has 0 spiro atoms. The molecular formula is C15H21N5O4. The Morgan fingerprint density at radius 1 is 0.917 bits per heavy atom. The number of aromatic nitrogens is 4. The summed E-state index contributed by atoms with van der Waals surface area (Å²) >= 11 is 0. The number of nitrogens with two attached hydrogens (primary N) is 1. The van der Waals surface area contributed by atoms with Crippen LogP contribution in [0.4, 0.5) is 5.82 Å². The van der Waals surface area contributed by atoms with Gasteiger partial charge in [0.05, 0.1) is 0 Å². The normalized spacial score (nSPS) is 12.2. The van der Waals surface area contributed by atoms with Gasteiger partial charge >= 0.3 is 11.9 Å². The summed E-state index contributed by atoms with van der Waals surface area (Å²) in [6.07, 6.45) is 0. The molecule has 0 aliphatic carbocycles. The monoisotopic (exact) mass is 335 g/mol. The first-order valence-electron chi connectivity index (χ1n) is 7.36. The van der Waals surface area contributed by atoms with Crippen molar-refractivity contribution in [3.63, 3.8) is 0 Å². The molecule has 2 rings (SSSR count). The Kier molecular flexibility index (Phi) is 4.21. The van der Waals surface area contributed by atoms with Crippen LogP contribution in [0.1, 0.15) is 62.8 Å². The molecule has 0 saturated heterocycles. The molecule has 2 aromatic rings. The lowest BCUT2D eigenvalue weighted by molar-refractivity contribution is 0.00455. The molecule has 2 heterocycles. The van der Waals surface area contributed by atoms with E-state index in [1.54, 1.807) is 41.5 Å². The lowest BCUT2D eigenvalue weighted by Crippen LogP contribution is -2.25. The average Bonchev–Trinajstić information content (AvgIpc) is 2.79. The van der Waals surface area contributed by atoms with Gasteiger partial charge in [0.1, 0.15) is 16.7 Å². The molecule has 0 bridgehead atoms. The fraction of sp³-hybridized carbons (Fsp3) is 0.533. The van der Waals surface area contributed by atoms with E-state index in [0.29, 0.717) is 0 Å². The predicted octanol–water partition coefficient (Wildman–Crippen LogP) is 1.85. The van der Waals surface area contributed by atoms with Crippen molar-refractivity contribution in [2.24, 2.45) is 0 Å². The summed E-state index contributed by atoms with van der Waals surface area (Å²) < 4.78 is 10.4. The van der Waals surface area contributed by atoms with E-state index in [9.17, 15) is 9.59 Å². The van der Waals surface area contributed by atoms with E-state index < -0.39 is 23.1 Å². The maximum absolute atomic E-state index is 12.1. The van der Waals surface area contributed by atoms with Crippen molar-refractivity contribution in [3.8, 4) is 0 Å². The molecular weight excluding hydrogens is 314 g/mol. The van der Waals surface area contributed by atoms with Crippen molar-refractivity contribution >= 4 is 28.9 Å². The molecule has 9 heteroatoms. The minimum absolute atomic E-state index is 0.0110. The summed E-state index contributed by atoms with van der Waals surface area (Å²) in [5.74, 6) is -1.68. The summed E-state index contributed by atoms with van der Waals surface area (Å²) in [7, 11) is 0. The number of hydrogen-bond acceptors (Lipinski definition) is 8. The number of anilines is 1. The molecule has 0 aromatic carbocycles. The maximum atomic E-state index is 12.1. The molecule has 0 atom stereocenters. The van der Waals surface area contributed by atoms with Crippen LogP contribution in [0.2, 0.25) is 0 Å². The van der Waals surface area contributed by atoms with E-state index in [1.807, 2.05) is 0 Å². The molecule has 0 aliphatic rings. The molecule has 3 N–H and O–H groups in total. The zero-order valence-corrected chi connectivity index (χ0v) is 14.6. The van der Waals surface area contributed by atoms with Crippen molar-refractivity contribution in [3.05, 3.63) is 11.6 Å². The summed E-state index contributed by atoms with van der Waals surface area (Å²) in [6, 6.07) is 0. The Bertz CT molecular complexity index is 799. The standard InChI is InChI=1S/C15H21N5O4/c1-14(2,3)23-12(21)10-17-7-8(16)18-11(20-9(7)19-10)13(22)24-15(4,5)6/h1-6H3,(H3,16,17,18,19,20). The second kappa shape index (κ2) is 5.73. The largest absolute Gasteiger partial charge is 0.454 e. The highest BCUT2D eigenvalue weighted by Gasteiger charge is 2.25. The quantitative estimate of drug-likeness (QED) is 0.794. The van der Waals surface area contributed by atoms with Crippen LogP contribution in [-0.2, 0) is 9.47 Å². The number of rotatable bonds is 2. The van der Waals surface area contributed by atoms with E-state index in [2.05, 4.69) is 19.9 Å². The number of fused-ring (bicyclic) bond motifs is 1. The zero-order chi connectivity index (χ0) is 18.3. The van der Waals surface area contributed by atoms with Gasteiger partial charge in [0.15, 0.2) is 11.5 Å². The molecule has 0 unspecified atom stereocenters. The van der Waals surface area contributed by atoms with Gasteiger partial charge in [-0.05, 0) is 41.5 Å². The fourth-order valence-electron chi connectivity index (χ4n) is 1.76. The number of nitrogen functional groups attached to an aromatic ring is 1. The van der Waals surface area contributed by atoms with Crippen LogP contribution in [-0.4, -0.2) is 43.1 Å². The van der Waals surface area contributed by atoms with E-state index in [-0.39, 0.29) is 28.6 Å². The van der Waals surface area contributed by atoms with Crippen LogP contribution in [0.15, 0.2) is 0 Å². The van der Waals surface area contributed by atoms with Gasteiger partial charge in [0.25, 0.3) is 0 Å². The van der Waals surface area contributed by atoms with Gasteiger partial charge in [0.2, 0.25) is 11.6 Å². The fourth-order valence-corrected chi connectivity index (χ4v) is 1.76. The lowest BCUT2D eigenvalue weighted by Gasteiger charge is -2.18. The van der Waals surface area contributed by atoms with E-state index in [1.165, 1.54) is 0 Å². The van der Waals surface area contributed by atoms with Crippen molar-refractivity contribution < 1.29 is 19.1 Å². The first kappa shape index (κ1) is 17.6. The van der Waals surface area contributed by atoms with Crippen molar-refractivity contribution in [1.82, 2.24) is 19.9 Å². The van der Waals surface area contributed by atoms with E-state index in [4.69, 9.17) is 15.2 Å². The van der Waals surface area contributed by atoms with Gasteiger partial charge in [-0.3, -0.25) is 0 Å². The Hall–Kier alpha value is -2.71. The highest BCUT2D eigenvalue weighted by atomic mass is 16.6. The van der Waals surface area contributed by atoms with Gasteiger partial charge in [-0.1, -0.05) is 0 Å². The number of aromatic amines is 1. The second-order valence-corrected chi connectivity index (χ2v) is 7.22. The van der Waals surface area contributed by atoms with Gasteiger partial charge in [-0.25, -0.2) is 24.5 Å². The molecule has 0 radical (unpaired) electrons. The highest BCUT2D eigenvalue weighted by Crippen LogP contribution is 2.19. The zero-order valence-electron chi connectivity index (χ0n) is 14.6. The Morgan fingerprint density at radius 3 is 2.00 bits per heavy atom. The average molecular weight is 335 g/mol. The topological polar surface area (TPSA) is 133 Å². The smallest absolute Gasteiger partial charge is 0.377 e. The number of carbonyl (C=O) groups is 2. The summed E-state index contributed by atoms with van der Waals surface area (Å²) in [5, 5.41) is 0. The van der Waals surface area contributed by atoms with Crippen molar-refractivity contribution in [1.29, 1.82) is 0 Å². The molecule has 2 aromatic heterocycles. The predicted molar refractivity (Wildman–Crippen MR) is 86.4 cm³/mol. The van der Waals surface area contributed by atoms with Crippen LogP contribution in [0.3, 0.4) is 0 Å². The third-order valence-corrected chi connectivity index (χ3v) is 2.55. The van der Waals surface area contributed by atoms with Crippen LogP contribution in [0.25, 0.3) is 11.2 Å². The highest BCUT2D eigenvalue weighted by molar-refractivity contribution is 5.94. The molecule has 24 heavy (non-hydrogen) atoms. The van der Waals surface area contributed by atoms with Gasteiger partial charge in [-0.2, -0.15) is 0 Å². The Morgan fingerprint density at radius 2 is 1.46 bits per heavy atom. The number of hydrogen-bond donors (Lipinski definition) is 2. The molecule has 0 aliphatic heterocycles. The molecule has 9 nitrogen and oxygen atoms in total. The Labute approximate surface area is 139 Å². The molecule has 130 valence electrons. The first-order valence-corrected chi connectivity index (χ1v) is 7.36. The van der Waals surface area contributed by atoms with Crippen LogP contribution in [0.5, 0.6) is 0 Å². The summed E-state index contributed by atoms with van der Waals surface area (Å²) in [5.41, 5.74) is 4.79. The van der Waals surface area contributed by atoms with E-state index >= 15 is 0 Å². The minimum Gasteiger partial charge on any atom is -0.454 e. The van der Waals surface area contributed by atoms with Crippen molar-refractivity contribution in [2.75, 3.05) is 5.73 Å². The number of imidazole rings is 1. The van der Waals surface area contributed by atoms with Gasteiger partial charge in [-0.15, -0.1) is 0 Å². The van der Waals surface area contributed by atoms with Crippen LogP contribution < -0.4 is 5.73 Å². The maximum Gasteiger partial charge on any atom is 0.377 e. The minimum atomic E-state index is -0.724. The number of ether oxygens (including phenoxy) is 2. The number of nitrogens with one attached hydrogen (secondary N) is 1. The number of H-pyrrole nitrogens is 1. The summed E-state index contributed by atoms with van der Waals surface area (Å²) in [4.78, 5) is 38.7. The molecule has 0 saturated carbocycles.